The average Bonchev–Trinajstić information content (AvgIpc) is 3.23. The fraction of sp³-hybridized carbons (Fsp3) is 0.500. The quantitative estimate of drug-likeness (QED) is 0.690. The van der Waals surface area contributed by atoms with Gasteiger partial charge in [0, 0.05) is 26.2 Å². The van der Waals surface area contributed by atoms with Crippen LogP contribution in [0.5, 0.6) is 0 Å². The predicted molar refractivity (Wildman–Crippen MR) is 109 cm³/mol. The third kappa shape index (κ3) is 3.95. The molecule has 0 saturated carbocycles. The fourth-order valence-corrected chi connectivity index (χ4v) is 4.45. The molecule has 0 unspecified atom stereocenters. The maximum absolute atomic E-state index is 14.5. The summed E-state index contributed by atoms with van der Waals surface area (Å²) in [6, 6.07) is 10.8. The molecule has 2 aliphatic rings. The highest BCUT2D eigenvalue weighted by Gasteiger charge is 2.21. The Balaban J connectivity index is 1.33. The lowest BCUT2D eigenvalue weighted by Crippen LogP contribution is -2.18. The van der Waals surface area contributed by atoms with Crippen molar-refractivity contribution in [3.8, 4) is 0 Å². The molecular formula is C24H31FN2. The number of nitrogens with zero attached hydrogens (tertiary/aromatic N) is 2. The Hall–Kier alpha value is -1.71. The van der Waals surface area contributed by atoms with E-state index in [1.54, 1.807) is 6.07 Å². The van der Waals surface area contributed by atoms with E-state index in [0.29, 0.717) is 5.92 Å². The molecule has 2 nitrogen and oxygen atoms in total. The molecule has 2 aromatic rings. The highest BCUT2D eigenvalue weighted by molar-refractivity contribution is 5.37. The molecule has 0 aromatic heterocycles. The molecule has 0 saturated heterocycles. The molecule has 0 aliphatic carbocycles. The zero-order chi connectivity index (χ0) is 19.0. The lowest BCUT2D eigenvalue weighted by Gasteiger charge is -2.15. The number of halogens is 1. The van der Waals surface area contributed by atoms with Gasteiger partial charge in [0.15, 0.2) is 0 Å². The summed E-state index contributed by atoms with van der Waals surface area (Å²) < 4.78 is 14.5. The van der Waals surface area contributed by atoms with Gasteiger partial charge in [-0.15, -0.1) is 0 Å². The zero-order valence-corrected chi connectivity index (χ0v) is 16.9. The van der Waals surface area contributed by atoms with Gasteiger partial charge in [0.25, 0.3) is 0 Å². The SMILES string of the molecule is CCN1Cc2cc(F)c(CCCN3Cc4ccc(C(C)C)cc4C3)cc2C1. The molecule has 0 atom stereocenters. The van der Waals surface area contributed by atoms with Crippen LogP contribution in [0.4, 0.5) is 4.39 Å². The first kappa shape index (κ1) is 18.6. The summed E-state index contributed by atoms with van der Waals surface area (Å²) in [5.74, 6) is 0.564. The number of aryl methyl sites for hydroxylation is 1. The Kier molecular flexibility index (Phi) is 5.34. The van der Waals surface area contributed by atoms with Crippen LogP contribution in [-0.2, 0) is 32.6 Å². The monoisotopic (exact) mass is 366 g/mol. The minimum Gasteiger partial charge on any atom is -0.295 e. The van der Waals surface area contributed by atoms with Gasteiger partial charge in [-0.1, -0.05) is 45.0 Å². The van der Waals surface area contributed by atoms with Crippen molar-refractivity contribution in [3.63, 3.8) is 0 Å². The van der Waals surface area contributed by atoms with Gasteiger partial charge in [0.2, 0.25) is 0 Å². The molecule has 144 valence electrons. The van der Waals surface area contributed by atoms with E-state index in [-0.39, 0.29) is 5.82 Å². The predicted octanol–water partition coefficient (Wildman–Crippen LogP) is 5.23. The van der Waals surface area contributed by atoms with Crippen LogP contribution in [-0.4, -0.2) is 22.9 Å². The Labute approximate surface area is 163 Å². The van der Waals surface area contributed by atoms with Gasteiger partial charge >= 0.3 is 0 Å². The lowest BCUT2D eigenvalue weighted by atomic mass is 9.99. The van der Waals surface area contributed by atoms with Crippen molar-refractivity contribution in [1.82, 2.24) is 9.80 Å². The molecule has 3 heteroatoms. The highest BCUT2D eigenvalue weighted by Crippen LogP contribution is 2.28. The molecule has 0 spiro atoms. The lowest BCUT2D eigenvalue weighted by molar-refractivity contribution is 0.280. The van der Waals surface area contributed by atoms with E-state index in [1.807, 2.05) is 0 Å². The third-order valence-electron chi connectivity index (χ3n) is 6.21. The minimum atomic E-state index is -0.0158. The van der Waals surface area contributed by atoms with Crippen molar-refractivity contribution in [2.75, 3.05) is 13.1 Å². The zero-order valence-electron chi connectivity index (χ0n) is 16.9. The van der Waals surface area contributed by atoms with Crippen LogP contribution in [0.2, 0.25) is 0 Å². The van der Waals surface area contributed by atoms with Crippen LogP contribution in [0, 0.1) is 5.82 Å². The molecule has 2 aliphatic heterocycles. The van der Waals surface area contributed by atoms with Gasteiger partial charge in [-0.3, -0.25) is 9.80 Å². The fourth-order valence-electron chi connectivity index (χ4n) is 4.45. The number of benzene rings is 2. The van der Waals surface area contributed by atoms with E-state index in [9.17, 15) is 4.39 Å². The van der Waals surface area contributed by atoms with E-state index < -0.39 is 0 Å². The average molecular weight is 367 g/mol. The van der Waals surface area contributed by atoms with E-state index >= 15 is 0 Å². The van der Waals surface area contributed by atoms with Crippen LogP contribution in [0.3, 0.4) is 0 Å². The van der Waals surface area contributed by atoms with E-state index in [1.165, 1.54) is 27.8 Å². The summed E-state index contributed by atoms with van der Waals surface area (Å²) in [7, 11) is 0. The largest absolute Gasteiger partial charge is 0.295 e. The van der Waals surface area contributed by atoms with Gasteiger partial charge in [-0.05, 0) is 71.3 Å². The van der Waals surface area contributed by atoms with Crippen molar-refractivity contribution >= 4 is 0 Å². The topological polar surface area (TPSA) is 6.48 Å². The van der Waals surface area contributed by atoms with Crippen LogP contribution >= 0.6 is 0 Å². The smallest absolute Gasteiger partial charge is 0.126 e. The molecular weight excluding hydrogens is 335 g/mol. The molecule has 2 aromatic carbocycles. The first-order valence-electron chi connectivity index (χ1n) is 10.4. The molecule has 0 bridgehead atoms. The first-order valence-corrected chi connectivity index (χ1v) is 10.4. The minimum absolute atomic E-state index is 0.0158. The standard InChI is InChI=1S/C24H31FN2/c1-4-26-14-22-11-19(24(25)12-23(22)15-26)6-5-9-27-13-20-8-7-18(17(2)3)10-21(20)16-27/h7-8,10-12,17H,4-6,9,13-16H2,1-3H3. The Morgan fingerprint density at radius 3 is 2.30 bits per heavy atom. The van der Waals surface area contributed by atoms with Crippen LogP contribution in [0.25, 0.3) is 0 Å². The van der Waals surface area contributed by atoms with Gasteiger partial charge in [-0.2, -0.15) is 0 Å². The Bertz CT molecular complexity index is 827. The maximum atomic E-state index is 14.5. The summed E-state index contributed by atoms with van der Waals surface area (Å²) in [6.45, 7) is 12.7. The summed E-state index contributed by atoms with van der Waals surface area (Å²) in [5.41, 5.74) is 7.76. The molecule has 0 N–H and O–H groups in total. The number of fused-ring (bicyclic) bond motifs is 2. The molecule has 2 heterocycles. The van der Waals surface area contributed by atoms with Crippen molar-refractivity contribution in [2.24, 2.45) is 0 Å². The van der Waals surface area contributed by atoms with Crippen molar-refractivity contribution in [2.45, 2.75) is 65.7 Å². The van der Waals surface area contributed by atoms with Crippen LogP contribution < -0.4 is 0 Å². The van der Waals surface area contributed by atoms with Crippen LogP contribution in [0.15, 0.2) is 30.3 Å². The van der Waals surface area contributed by atoms with Gasteiger partial charge in [0.1, 0.15) is 5.82 Å². The molecule has 0 fully saturated rings. The molecule has 0 radical (unpaired) electrons. The summed E-state index contributed by atoms with van der Waals surface area (Å²) in [5, 5.41) is 0. The molecule has 4 rings (SSSR count). The van der Waals surface area contributed by atoms with E-state index in [4.69, 9.17) is 0 Å². The second-order valence-corrected chi connectivity index (χ2v) is 8.51. The summed E-state index contributed by atoms with van der Waals surface area (Å²) >= 11 is 0. The first-order chi connectivity index (χ1) is 13.0. The van der Waals surface area contributed by atoms with Gasteiger partial charge < -0.3 is 0 Å². The summed E-state index contributed by atoms with van der Waals surface area (Å²) in [4.78, 5) is 4.86. The molecule has 0 amide bonds. The van der Waals surface area contributed by atoms with Gasteiger partial charge in [-0.25, -0.2) is 4.39 Å². The van der Waals surface area contributed by atoms with Crippen molar-refractivity contribution in [3.05, 3.63) is 69.5 Å². The van der Waals surface area contributed by atoms with E-state index in [2.05, 4.69) is 54.8 Å². The second kappa shape index (κ2) is 7.73. The molecule has 27 heavy (non-hydrogen) atoms. The van der Waals surface area contributed by atoms with Crippen LogP contribution in [0.1, 0.15) is 66.5 Å². The number of hydrogen-bond donors (Lipinski definition) is 0. The highest BCUT2D eigenvalue weighted by atomic mass is 19.1. The Morgan fingerprint density at radius 2 is 1.56 bits per heavy atom. The Morgan fingerprint density at radius 1 is 0.889 bits per heavy atom. The number of rotatable bonds is 6. The number of hydrogen-bond acceptors (Lipinski definition) is 2. The van der Waals surface area contributed by atoms with Crippen molar-refractivity contribution < 1.29 is 4.39 Å². The maximum Gasteiger partial charge on any atom is 0.126 e. The van der Waals surface area contributed by atoms with Crippen molar-refractivity contribution in [1.29, 1.82) is 0 Å². The second-order valence-electron chi connectivity index (χ2n) is 8.51. The third-order valence-corrected chi connectivity index (χ3v) is 6.21. The van der Waals surface area contributed by atoms with Gasteiger partial charge in [0.05, 0.1) is 0 Å². The summed E-state index contributed by atoms with van der Waals surface area (Å²) in [6.07, 6.45) is 1.84. The normalized spacial score (nSPS) is 16.9. The van der Waals surface area contributed by atoms with E-state index in [0.717, 1.165) is 57.7 Å².